The first-order valence-corrected chi connectivity index (χ1v) is 2.63. The van der Waals surface area contributed by atoms with Crippen LogP contribution < -0.4 is 5.32 Å². The van der Waals surface area contributed by atoms with Gasteiger partial charge < -0.3 is 10.4 Å². The summed E-state index contributed by atoms with van der Waals surface area (Å²) in [6.07, 6.45) is 1.11. The summed E-state index contributed by atoms with van der Waals surface area (Å²) >= 11 is 0. The Balaban J connectivity index is 2.29. The third kappa shape index (κ3) is 0.763. The van der Waals surface area contributed by atoms with E-state index in [4.69, 9.17) is 5.11 Å². The normalized spacial score (nSPS) is 40.3. The van der Waals surface area contributed by atoms with Crippen LogP contribution in [0.1, 0.15) is 13.3 Å². The van der Waals surface area contributed by atoms with Gasteiger partial charge in [-0.05, 0) is 19.9 Å². The molecule has 1 aliphatic rings. The highest BCUT2D eigenvalue weighted by Gasteiger charge is 2.29. The van der Waals surface area contributed by atoms with Crippen molar-refractivity contribution in [3.63, 3.8) is 0 Å². The summed E-state index contributed by atoms with van der Waals surface area (Å²) < 4.78 is 0. The Morgan fingerprint density at radius 1 is 1.86 bits per heavy atom. The van der Waals surface area contributed by atoms with Crippen LogP contribution >= 0.6 is 0 Å². The van der Waals surface area contributed by atoms with Gasteiger partial charge in [-0.25, -0.2) is 0 Å². The van der Waals surface area contributed by atoms with Gasteiger partial charge >= 0.3 is 0 Å². The van der Waals surface area contributed by atoms with E-state index in [1.165, 1.54) is 0 Å². The van der Waals surface area contributed by atoms with Gasteiger partial charge in [-0.2, -0.15) is 0 Å². The van der Waals surface area contributed by atoms with Crippen LogP contribution in [0.2, 0.25) is 0 Å². The predicted octanol–water partition coefficient (Wildman–Crippen LogP) is -0.269. The Hall–Kier alpha value is -0.0800. The van der Waals surface area contributed by atoms with Crippen molar-refractivity contribution >= 4 is 0 Å². The number of aliphatic hydroxyl groups excluding tert-OH is 1. The summed E-state index contributed by atoms with van der Waals surface area (Å²) in [5.41, 5.74) is 0.0694. The zero-order valence-electron chi connectivity index (χ0n) is 4.57. The molecule has 1 fully saturated rings. The molecular formula is C5H11NO. The minimum absolute atomic E-state index is 0.0694. The van der Waals surface area contributed by atoms with Crippen molar-refractivity contribution in [2.45, 2.75) is 18.9 Å². The molecule has 0 aromatic carbocycles. The van der Waals surface area contributed by atoms with E-state index in [9.17, 15) is 0 Å². The van der Waals surface area contributed by atoms with E-state index in [2.05, 4.69) is 5.32 Å². The Morgan fingerprint density at radius 3 is 2.43 bits per heavy atom. The average molecular weight is 101 g/mol. The summed E-state index contributed by atoms with van der Waals surface area (Å²) in [6.45, 7) is 3.36. The topological polar surface area (TPSA) is 32.3 Å². The molecule has 0 radical (unpaired) electrons. The van der Waals surface area contributed by atoms with E-state index in [1.54, 1.807) is 0 Å². The molecule has 1 heterocycles. The van der Waals surface area contributed by atoms with Gasteiger partial charge in [0.05, 0.1) is 6.61 Å². The van der Waals surface area contributed by atoms with Crippen molar-refractivity contribution in [3.05, 3.63) is 0 Å². The monoisotopic (exact) mass is 101 g/mol. The fourth-order valence-corrected chi connectivity index (χ4v) is 0.687. The molecule has 1 atom stereocenters. The quantitative estimate of drug-likeness (QED) is 0.476. The smallest absolute Gasteiger partial charge is 0.0611 e. The van der Waals surface area contributed by atoms with Gasteiger partial charge in [0.2, 0.25) is 0 Å². The first-order valence-electron chi connectivity index (χ1n) is 2.63. The van der Waals surface area contributed by atoms with Gasteiger partial charge in [-0.1, -0.05) is 0 Å². The second-order valence-corrected chi connectivity index (χ2v) is 2.40. The Kier molecular flexibility index (Phi) is 1.05. The third-order valence-corrected chi connectivity index (χ3v) is 1.58. The molecule has 0 saturated carbocycles. The van der Waals surface area contributed by atoms with Crippen LogP contribution in [0.5, 0.6) is 0 Å². The summed E-state index contributed by atoms with van der Waals surface area (Å²) in [7, 11) is 0. The maximum absolute atomic E-state index is 8.58. The molecule has 0 aliphatic carbocycles. The van der Waals surface area contributed by atoms with Crippen LogP contribution in [-0.4, -0.2) is 23.8 Å². The zero-order valence-corrected chi connectivity index (χ0v) is 4.57. The van der Waals surface area contributed by atoms with Crippen LogP contribution in [0, 0.1) is 0 Å². The van der Waals surface area contributed by atoms with Gasteiger partial charge in [0, 0.05) is 5.54 Å². The minimum Gasteiger partial charge on any atom is -0.394 e. The fourth-order valence-electron chi connectivity index (χ4n) is 0.687. The predicted molar refractivity (Wildman–Crippen MR) is 28.1 cm³/mol. The molecule has 0 bridgehead atoms. The van der Waals surface area contributed by atoms with Crippen molar-refractivity contribution in [3.8, 4) is 0 Å². The zero-order chi connectivity index (χ0) is 5.33. The van der Waals surface area contributed by atoms with Crippen molar-refractivity contribution in [2.24, 2.45) is 0 Å². The van der Waals surface area contributed by atoms with Gasteiger partial charge in [-0.3, -0.25) is 0 Å². The second-order valence-electron chi connectivity index (χ2n) is 2.40. The Morgan fingerprint density at radius 2 is 2.43 bits per heavy atom. The Bertz CT molecular complexity index is 63.0. The molecule has 0 spiro atoms. The van der Waals surface area contributed by atoms with Crippen molar-refractivity contribution in [1.82, 2.24) is 5.32 Å². The van der Waals surface area contributed by atoms with Crippen LogP contribution in [-0.2, 0) is 0 Å². The lowest BCUT2D eigenvalue weighted by atomic mass is 9.92. The SMILES string of the molecule is C[C@]1(CO)CCN1. The summed E-state index contributed by atoms with van der Waals surface area (Å²) in [4.78, 5) is 0. The first kappa shape index (κ1) is 5.06. The summed E-state index contributed by atoms with van der Waals surface area (Å²) in [5.74, 6) is 0. The van der Waals surface area contributed by atoms with E-state index in [-0.39, 0.29) is 12.1 Å². The number of nitrogens with one attached hydrogen (secondary N) is 1. The highest BCUT2D eigenvalue weighted by atomic mass is 16.3. The van der Waals surface area contributed by atoms with E-state index in [0.717, 1.165) is 13.0 Å². The van der Waals surface area contributed by atoms with E-state index < -0.39 is 0 Å². The maximum atomic E-state index is 8.58. The molecule has 0 amide bonds. The standard InChI is InChI=1S/C5H11NO/c1-5(4-7)2-3-6-5/h6-7H,2-4H2,1H3/t5-/m1/s1. The molecule has 2 heteroatoms. The minimum atomic E-state index is 0.0694. The van der Waals surface area contributed by atoms with Crippen LogP contribution in [0.25, 0.3) is 0 Å². The number of rotatable bonds is 1. The lowest BCUT2D eigenvalue weighted by molar-refractivity contribution is 0.117. The molecule has 1 rings (SSSR count). The number of aliphatic hydroxyl groups is 1. The van der Waals surface area contributed by atoms with E-state index >= 15 is 0 Å². The average Bonchev–Trinajstić information content (AvgIpc) is 1.61. The van der Waals surface area contributed by atoms with Gasteiger partial charge in [0.1, 0.15) is 0 Å². The van der Waals surface area contributed by atoms with E-state index in [1.807, 2.05) is 6.92 Å². The molecule has 0 aromatic heterocycles. The molecule has 0 aromatic rings. The summed E-state index contributed by atoms with van der Waals surface area (Å²) in [6, 6.07) is 0. The van der Waals surface area contributed by atoms with Gasteiger partial charge in [-0.15, -0.1) is 0 Å². The van der Waals surface area contributed by atoms with Crippen molar-refractivity contribution < 1.29 is 5.11 Å². The first-order chi connectivity index (χ1) is 3.27. The highest BCUT2D eigenvalue weighted by molar-refractivity contribution is 4.91. The van der Waals surface area contributed by atoms with Crippen molar-refractivity contribution in [1.29, 1.82) is 0 Å². The van der Waals surface area contributed by atoms with Gasteiger partial charge in [0.25, 0.3) is 0 Å². The van der Waals surface area contributed by atoms with Crippen LogP contribution in [0.15, 0.2) is 0 Å². The Labute approximate surface area is 43.5 Å². The molecule has 0 unspecified atom stereocenters. The van der Waals surface area contributed by atoms with E-state index in [0.29, 0.717) is 0 Å². The molecule has 7 heavy (non-hydrogen) atoms. The fraction of sp³-hybridized carbons (Fsp3) is 1.00. The second kappa shape index (κ2) is 1.46. The maximum Gasteiger partial charge on any atom is 0.0611 e. The molecule has 1 aliphatic heterocycles. The molecule has 2 nitrogen and oxygen atoms in total. The molecular weight excluding hydrogens is 90.1 g/mol. The van der Waals surface area contributed by atoms with Crippen LogP contribution in [0.4, 0.5) is 0 Å². The number of hydrogen-bond acceptors (Lipinski definition) is 2. The highest BCUT2D eigenvalue weighted by Crippen LogP contribution is 2.15. The lowest BCUT2D eigenvalue weighted by Gasteiger charge is -2.38. The molecule has 2 N–H and O–H groups in total. The molecule has 1 saturated heterocycles. The summed E-state index contributed by atoms with van der Waals surface area (Å²) in [5, 5.41) is 11.7. The number of hydrogen-bond donors (Lipinski definition) is 2. The lowest BCUT2D eigenvalue weighted by Crippen LogP contribution is -2.57. The largest absolute Gasteiger partial charge is 0.394 e. The third-order valence-electron chi connectivity index (χ3n) is 1.58. The molecule has 42 valence electrons. The van der Waals surface area contributed by atoms with Gasteiger partial charge in [0.15, 0.2) is 0 Å². The van der Waals surface area contributed by atoms with Crippen molar-refractivity contribution in [2.75, 3.05) is 13.2 Å². The van der Waals surface area contributed by atoms with Crippen LogP contribution in [0.3, 0.4) is 0 Å².